The molecule has 1 N–H and O–H groups in total. The highest BCUT2D eigenvalue weighted by Gasteiger charge is 2.53. The van der Waals surface area contributed by atoms with Gasteiger partial charge >= 0.3 is 12.0 Å². The molecule has 0 bridgehead atoms. The van der Waals surface area contributed by atoms with E-state index >= 15 is 0 Å². The normalized spacial score (nSPS) is 22.4. The zero-order valence-electron chi connectivity index (χ0n) is 14.4. The predicted molar refractivity (Wildman–Crippen MR) is 92.5 cm³/mol. The molecule has 1 saturated heterocycles. The highest BCUT2D eigenvalue weighted by Crippen LogP contribution is 2.23. The number of amides is 3. The minimum atomic E-state index is -0.598. The van der Waals surface area contributed by atoms with E-state index in [4.69, 9.17) is 0 Å². The van der Waals surface area contributed by atoms with Gasteiger partial charge in [0.25, 0.3) is 5.91 Å². The number of benzene rings is 1. The Balaban J connectivity index is 1.69. The van der Waals surface area contributed by atoms with Gasteiger partial charge in [0.1, 0.15) is 6.54 Å². The molecule has 1 aromatic rings. The monoisotopic (exact) mass is 339 g/mol. The molecule has 0 spiro atoms. The Morgan fingerprint density at radius 2 is 2.04 bits per heavy atom. The number of hydrogen-bond acceptors (Lipinski definition) is 5. The second-order valence-electron chi connectivity index (χ2n) is 6.48. The summed E-state index contributed by atoms with van der Waals surface area (Å²) in [7, 11) is 1.65. The van der Waals surface area contributed by atoms with Crippen LogP contribution < -0.4 is 5.43 Å². The number of aryl methyl sites for hydroxylation is 1. The number of hydrazone groups is 1. The van der Waals surface area contributed by atoms with Crippen LogP contribution in [0.1, 0.15) is 18.1 Å². The lowest BCUT2D eigenvalue weighted by Gasteiger charge is -2.34. The quantitative estimate of drug-likeness (QED) is 0.798. The molecule has 0 aromatic heterocycles. The second-order valence-corrected chi connectivity index (χ2v) is 6.48. The highest BCUT2D eigenvalue weighted by molar-refractivity contribution is 6.23. The van der Waals surface area contributed by atoms with E-state index in [1.165, 1.54) is 9.80 Å². The molecular weight excluding hydrogens is 320 g/mol. The maximum Gasteiger partial charge on any atom is 0.414 e. The lowest BCUT2D eigenvalue weighted by Crippen LogP contribution is -2.63. The third-order valence-electron chi connectivity index (χ3n) is 4.75. The van der Waals surface area contributed by atoms with E-state index in [0.29, 0.717) is 18.3 Å². The first kappa shape index (κ1) is 15.5. The maximum atomic E-state index is 13.1. The van der Waals surface area contributed by atoms with Crippen LogP contribution in [0.2, 0.25) is 0 Å². The molecule has 1 aromatic carbocycles. The molecule has 25 heavy (non-hydrogen) atoms. The van der Waals surface area contributed by atoms with Crippen LogP contribution in [0.25, 0.3) is 0 Å². The molecule has 1 fully saturated rings. The minimum Gasteiger partial charge on any atom is -0.270 e. The number of nitrogens with zero attached hydrogens (tertiary/aromatic N) is 5. The van der Waals surface area contributed by atoms with Crippen LogP contribution in [0.3, 0.4) is 0 Å². The molecule has 3 heterocycles. The molecule has 8 nitrogen and oxygen atoms in total. The number of urea groups is 1. The summed E-state index contributed by atoms with van der Waals surface area (Å²) < 4.78 is 1.85. The summed E-state index contributed by atoms with van der Waals surface area (Å²) in [4.78, 5) is 33.0. The highest BCUT2D eigenvalue weighted by atomic mass is 16.2. The standard InChI is InChI=1S/C17H18N6O2/c1-10-6-4-5-7-12(10)9-23-15(24)13-14(21(3)17(23)25)18-16-20-19-11(2)8-22(13)16/h4-7,13H,8-9H2,1-3H3/p+1. The van der Waals surface area contributed by atoms with Crippen molar-refractivity contribution in [3.05, 3.63) is 35.4 Å². The van der Waals surface area contributed by atoms with Crippen LogP contribution in [0, 0.1) is 6.92 Å². The van der Waals surface area contributed by atoms with Gasteiger partial charge < -0.3 is 0 Å². The molecule has 4 rings (SSSR count). The van der Waals surface area contributed by atoms with Crippen LogP contribution in [0.5, 0.6) is 0 Å². The first-order valence-corrected chi connectivity index (χ1v) is 8.12. The molecule has 0 aliphatic carbocycles. The van der Waals surface area contributed by atoms with Crippen molar-refractivity contribution in [2.75, 3.05) is 13.6 Å². The van der Waals surface area contributed by atoms with Crippen molar-refractivity contribution in [2.24, 2.45) is 10.1 Å². The number of nitrogens with one attached hydrogen (secondary N) is 1. The van der Waals surface area contributed by atoms with Crippen molar-refractivity contribution in [3.8, 4) is 0 Å². The number of guanidine groups is 1. The van der Waals surface area contributed by atoms with Gasteiger partial charge in [0, 0.05) is 7.05 Å². The van der Waals surface area contributed by atoms with Gasteiger partial charge in [-0.2, -0.15) is 5.43 Å². The number of rotatable bonds is 2. The Bertz CT molecular complexity index is 885. The first-order valence-electron chi connectivity index (χ1n) is 8.12. The Labute approximate surface area is 145 Å². The summed E-state index contributed by atoms with van der Waals surface area (Å²) >= 11 is 0. The summed E-state index contributed by atoms with van der Waals surface area (Å²) in [5.41, 5.74) is 5.71. The Hall–Kier alpha value is -3.03. The smallest absolute Gasteiger partial charge is 0.270 e. The molecule has 128 valence electrons. The van der Waals surface area contributed by atoms with Crippen molar-refractivity contribution in [1.29, 1.82) is 0 Å². The topological polar surface area (TPSA) is 80.4 Å². The van der Waals surface area contributed by atoms with Gasteiger partial charge in [-0.05, 0) is 25.0 Å². The van der Waals surface area contributed by atoms with E-state index in [2.05, 4.69) is 15.5 Å². The van der Waals surface area contributed by atoms with E-state index in [1.807, 2.05) is 42.7 Å². The zero-order valence-corrected chi connectivity index (χ0v) is 14.4. The van der Waals surface area contributed by atoms with E-state index in [1.54, 1.807) is 7.05 Å². The molecule has 1 unspecified atom stereocenters. The first-order chi connectivity index (χ1) is 12.0. The van der Waals surface area contributed by atoms with Crippen LogP contribution in [-0.4, -0.2) is 63.5 Å². The summed E-state index contributed by atoms with van der Waals surface area (Å²) in [5, 5.41) is 4.15. The third kappa shape index (κ3) is 2.33. The molecule has 1 atom stereocenters. The predicted octanol–water partition coefficient (Wildman–Crippen LogP) is 0.517. The fraction of sp³-hybridized carbons (Fsp3) is 0.353. The van der Waals surface area contributed by atoms with Gasteiger partial charge in [-0.25, -0.2) is 9.37 Å². The number of hydrogen-bond donors (Lipinski definition) is 1. The average Bonchev–Trinajstić information content (AvgIpc) is 2.97. The molecule has 3 aliphatic heterocycles. The number of aliphatic imine (C=N–C) groups is 1. The largest absolute Gasteiger partial charge is 0.414 e. The fourth-order valence-corrected chi connectivity index (χ4v) is 3.30. The third-order valence-corrected chi connectivity index (χ3v) is 4.75. The number of fused-ring (bicyclic) bond motifs is 2. The summed E-state index contributed by atoms with van der Waals surface area (Å²) in [5.74, 6) is 0.705. The fourth-order valence-electron chi connectivity index (χ4n) is 3.30. The lowest BCUT2D eigenvalue weighted by atomic mass is 10.1. The molecule has 0 saturated carbocycles. The molecule has 8 heteroatoms. The Kier molecular flexibility index (Phi) is 3.41. The summed E-state index contributed by atoms with van der Waals surface area (Å²) in [6.45, 7) is 4.61. The maximum absolute atomic E-state index is 13.1. The molecule has 0 radical (unpaired) electrons. The molecule has 3 aliphatic rings. The van der Waals surface area contributed by atoms with E-state index in [0.717, 1.165) is 16.8 Å². The van der Waals surface area contributed by atoms with E-state index in [-0.39, 0.29) is 18.5 Å². The number of carbonyl (C=O) groups excluding carboxylic acids is 2. The Morgan fingerprint density at radius 1 is 1.28 bits per heavy atom. The average molecular weight is 339 g/mol. The van der Waals surface area contributed by atoms with E-state index < -0.39 is 6.04 Å². The SMILES string of the molecule is CC1=NNC2=[N+](C1)C1C(=O)N(Cc3ccccc3C)C(=O)N(C)C1=N2. The van der Waals surface area contributed by atoms with E-state index in [9.17, 15) is 9.59 Å². The molecule has 3 amide bonds. The number of imide groups is 1. The van der Waals surface area contributed by atoms with Crippen LogP contribution in [0.4, 0.5) is 4.79 Å². The number of amidine groups is 1. The zero-order chi connectivity index (χ0) is 17.7. The van der Waals surface area contributed by atoms with Crippen LogP contribution in [-0.2, 0) is 11.3 Å². The Morgan fingerprint density at radius 3 is 2.80 bits per heavy atom. The van der Waals surface area contributed by atoms with Crippen LogP contribution >= 0.6 is 0 Å². The van der Waals surface area contributed by atoms with Gasteiger partial charge in [-0.15, -0.1) is 5.10 Å². The van der Waals surface area contributed by atoms with Crippen molar-refractivity contribution >= 4 is 29.4 Å². The van der Waals surface area contributed by atoms with Crippen molar-refractivity contribution in [3.63, 3.8) is 0 Å². The molecular formula is C17H19N6O2+. The van der Waals surface area contributed by atoms with Gasteiger partial charge in [0.05, 0.1) is 12.3 Å². The van der Waals surface area contributed by atoms with Gasteiger partial charge in [-0.1, -0.05) is 29.3 Å². The number of carbonyl (C=O) groups is 2. The minimum absolute atomic E-state index is 0.252. The lowest BCUT2D eigenvalue weighted by molar-refractivity contribution is -0.524. The van der Waals surface area contributed by atoms with Gasteiger partial charge in [0.2, 0.25) is 11.9 Å². The van der Waals surface area contributed by atoms with Crippen molar-refractivity contribution in [2.45, 2.75) is 26.4 Å². The summed E-state index contributed by atoms with van der Waals surface area (Å²) in [6, 6.07) is 6.80. The van der Waals surface area contributed by atoms with Crippen LogP contribution in [0.15, 0.2) is 34.4 Å². The second kappa shape index (κ2) is 5.51. The van der Waals surface area contributed by atoms with Gasteiger partial charge in [-0.3, -0.25) is 14.6 Å². The van der Waals surface area contributed by atoms with Crippen molar-refractivity contribution in [1.82, 2.24) is 15.2 Å². The number of likely N-dealkylation sites (N-methyl/N-ethyl adjacent to an activating group) is 1. The summed E-state index contributed by atoms with van der Waals surface area (Å²) in [6.07, 6.45) is 0. The van der Waals surface area contributed by atoms with Gasteiger partial charge in [0.15, 0.2) is 0 Å². The van der Waals surface area contributed by atoms with Crippen molar-refractivity contribution < 1.29 is 14.2 Å².